The molecule has 0 amide bonds. The SMILES string of the molecule is CSC1=S(O[Cl+3]([O-])([O-])[O-])SC(c2ccccc2)=C1C. The van der Waals surface area contributed by atoms with Gasteiger partial charge in [0.25, 0.3) is 0 Å². The van der Waals surface area contributed by atoms with Crippen LogP contribution in [0.3, 0.4) is 0 Å². The van der Waals surface area contributed by atoms with Crippen LogP contribution in [0.2, 0.25) is 0 Å². The largest absolute Gasteiger partial charge is 0.186 e. The molecule has 1 atom stereocenters. The average Bonchev–Trinajstić information content (AvgIpc) is 2.64. The van der Waals surface area contributed by atoms with Crippen LogP contribution in [0.15, 0.2) is 35.9 Å². The predicted molar refractivity (Wildman–Crippen MR) is 73.8 cm³/mol. The van der Waals surface area contributed by atoms with Gasteiger partial charge in [-0.25, -0.2) is 0 Å². The molecule has 1 aliphatic heterocycles. The topological polar surface area (TPSA) is 78.4 Å². The lowest BCUT2D eigenvalue weighted by atomic mass is 10.1. The van der Waals surface area contributed by atoms with E-state index < -0.39 is 20.0 Å². The van der Waals surface area contributed by atoms with E-state index in [0.717, 1.165) is 20.2 Å². The van der Waals surface area contributed by atoms with Gasteiger partial charge in [0.2, 0.25) is 0 Å². The van der Waals surface area contributed by atoms with Crippen LogP contribution in [-0.4, -0.2) is 10.5 Å². The molecule has 1 unspecified atom stereocenters. The van der Waals surface area contributed by atoms with Crippen LogP contribution in [0.5, 0.6) is 0 Å². The first kappa shape index (κ1) is 15.4. The second-order valence-electron chi connectivity index (χ2n) is 3.57. The Morgan fingerprint density at radius 1 is 1.21 bits per heavy atom. The number of rotatable bonds is 3. The van der Waals surface area contributed by atoms with Gasteiger partial charge in [-0.2, -0.15) is 14.0 Å². The zero-order chi connectivity index (χ0) is 14.0. The highest BCUT2D eigenvalue weighted by Gasteiger charge is 2.33. The highest BCUT2D eigenvalue weighted by atomic mass is 35.7. The second kappa shape index (κ2) is 6.19. The van der Waals surface area contributed by atoms with Gasteiger partial charge in [0.15, 0.2) is 9.80 Å². The van der Waals surface area contributed by atoms with Gasteiger partial charge in [-0.05, 0) is 35.1 Å². The highest BCUT2D eigenvalue weighted by molar-refractivity contribution is 8.87. The minimum absolute atomic E-state index is 0.788. The van der Waals surface area contributed by atoms with Crippen molar-refractivity contribution >= 4 is 41.5 Å². The van der Waals surface area contributed by atoms with Gasteiger partial charge in [0.05, 0.1) is 14.4 Å². The van der Waals surface area contributed by atoms with Gasteiger partial charge >= 0.3 is 0 Å². The first-order chi connectivity index (χ1) is 8.92. The maximum atomic E-state index is 10.7. The molecule has 8 heteroatoms. The molecule has 1 aliphatic rings. The minimum atomic E-state index is -4.42. The van der Waals surface area contributed by atoms with Gasteiger partial charge in [0, 0.05) is 4.91 Å². The van der Waals surface area contributed by atoms with Crippen molar-refractivity contribution in [2.45, 2.75) is 6.92 Å². The third-order valence-electron chi connectivity index (χ3n) is 2.31. The third-order valence-corrected chi connectivity index (χ3v) is 8.72. The van der Waals surface area contributed by atoms with Gasteiger partial charge in [-0.1, -0.05) is 30.3 Å². The van der Waals surface area contributed by atoms with Crippen molar-refractivity contribution in [2.75, 3.05) is 6.26 Å². The molecule has 1 aromatic rings. The van der Waals surface area contributed by atoms with Crippen molar-refractivity contribution in [3.8, 4) is 0 Å². The van der Waals surface area contributed by atoms with Gasteiger partial charge < -0.3 is 0 Å². The van der Waals surface area contributed by atoms with Gasteiger partial charge in [-0.15, -0.1) is 11.8 Å². The molecule has 0 aliphatic carbocycles. The van der Waals surface area contributed by atoms with Crippen LogP contribution in [0, 0.1) is 10.2 Å². The lowest BCUT2D eigenvalue weighted by molar-refractivity contribution is -1.91. The van der Waals surface area contributed by atoms with Crippen LogP contribution in [0.4, 0.5) is 0 Å². The molecule has 0 saturated heterocycles. The fourth-order valence-electron chi connectivity index (χ4n) is 1.58. The van der Waals surface area contributed by atoms with Crippen molar-refractivity contribution in [3.05, 3.63) is 41.5 Å². The van der Waals surface area contributed by atoms with Crippen molar-refractivity contribution in [1.29, 1.82) is 0 Å². The van der Waals surface area contributed by atoms with E-state index in [9.17, 15) is 14.0 Å². The van der Waals surface area contributed by atoms with E-state index >= 15 is 0 Å². The molecule has 4 nitrogen and oxygen atoms in total. The molecule has 1 heterocycles. The Bertz CT molecular complexity index is 537. The summed E-state index contributed by atoms with van der Waals surface area (Å²) in [6.45, 7) is 1.91. The number of hydrogen-bond donors (Lipinski definition) is 0. The summed E-state index contributed by atoms with van der Waals surface area (Å²) in [6, 6.07) is 9.62. The molecule has 0 N–H and O–H groups in total. The molecule has 0 saturated carbocycles. The molecular weight excluding hydrogens is 328 g/mol. The Hall–Kier alpha value is 0.01000. The van der Waals surface area contributed by atoms with E-state index in [-0.39, 0.29) is 0 Å². The van der Waals surface area contributed by atoms with E-state index in [1.165, 1.54) is 22.6 Å². The van der Waals surface area contributed by atoms with Crippen LogP contribution < -0.4 is 14.0 Å². The van der Waals surface area contributed by atoms with E-state index in [0.29, 0.717) is 0 Å². The summed E-state index contributed by atoms with van der Waals surface area (Å²) in [4.78, 5) is 0.951. The van der Waals surface area contributed by atoms with Crippen molar-refractivity contribution in [3.63, 3.8) is 0 Å². The van der Waals surface area contributed by atoms with E-state index in [1.807, 2.05) is 43.5 Å². The quantitative estimate of drug-likeness (QED) is 0.595. The summed E-state index contributed by atoms with van der Waals surface area (Å²) in [5.41, 5.74) is 1.96. The molecule has 0 radical (unpaired) electrons. The van der Waals surface area contributed by atoms with Gasteiger partial charge in [0.1, 0.15) is 3.74 Å². The Kier molecular flexibility index (Phi) is 5.02. The number of halogens is 1. The van der Waals surface area contributed by atoms with E-state index in [1.54, 1.807) is 0 Å². The van der Waals surface area contributed by atoms with E-state index in [2.05, 4.69) is 3.74 Å². The molecule has 2 rings (SSSR count). The molecule has 0 bridgehead atoms. The van der Waals surface area contributed by atoms with Crippen LogP contribution >= 0.6 is 32.4 Å². The smallest absolute Gasteiger partial charge is 0.182 e. The highest BCUT2D eigenvalue weighted by Crippen LogP contribution is 2.54. The van der Waals surface area contributed by atoms with Gasteiger partial charge in [-0.3, -0.25) is 0 Å². The monoisotopic (exact) mass is 338 g/mol. The Labute approximate surface area is 124 Å². The molecule has 0 spiro atoms. The third kappa shape index (κ3) is 3.77. The fraction of sp³-hybridized carbons (Fsp3) is 0.182. The standard InChI is InChI=1S/C11H11ClO4S3/c1-8-10(9-6-4-3-5-7-9)18-19(11(8)17-2)16-12(13,14)15/h3-7H,1-2H3. The summed E-state index contributed by atoms with van der Waals surface area (Å²) in [5.74, 6) is 0. The molecule has 19 heavy (non-hydrogen) atoms. The maximum Gasteiger partial charge on any atom is 0.186 e. The Morgan fingerprint density at radius 3 is 2.37 bits per heavy atom. The zero-order valence-corrected chi connectivity index (χ0v) is 13.3. The Morgan fingerprint density at radius 2 is 1.84 bits per heavy atom. The average molecular weight is 339 g/mol. The lowest BCUT2D eigenvalue weighted by Crippen LogP contribution is -2.60. The first-order valence-corrected chi connectivity index (χ1v) is 10.1. The Balaban J connectivity index is 2.31. The van der Waals surface area contributed by atoms with Crippen LogP contribution in [0.25, 0.3) is 4.91 Å². The van der Waals surface area contributed by atoms with Crippen molar-refractivity contribution in [2.24, 2.45) is 0 Å². The molecule has 1 aromatic carbocycles. The number of hydrogen-bond acceptors (Lipinski definition) is 6. The molecule has 0 fully saturated rings. The summed E-state index contributed by atoms with van der Waals surface area (Å²) in [6.07, 6.45) is 1.84. The summed E-state index contributed by atoms with van der Waals surface area (Å²) in [5, 5.41) is 0. The van der Waals surface area contributed by atoms with E-state index in [4.69, 9.17) is 0 Å². The summed E-state index contributed by atoms with van der Waals surface area (Å²) in [7, 11) is -4.23. The molecule has 0 aromatic heterocycles. The molecule has 104 valence electrons. The number of thioether (sulfide) groups is 1. The minimum Gasteiger partial charge on any atom is -0.182 e. The lowest BCUT2D eigenvalue weighted by Gasteiger charge is -2.12. The summed E-state index contributed by atoms with van der Waals surface area (Å²) >= 11 is 1.41. The first-order valence-electron chi connectivity index (χ1n) is 5.13. The maximum absolute atomic E-state index is 10.7. The van der Waals surface area contributed by atoms with Crippen LogP contribution in [-0.2, 0) is 3.74 Å². The molecular formula is C11H11ClO4S3. The zero-order valence-electron chi connectivity index (χ0n) is 10.1. The predicted octanol–water partition coefficient (Wildman–Crippen LogP) is 0.670. The second-order valence-corrected chi connectivity index (χ2v) is 8.77. The summed E-state index contributed by atoms with van der Waals surface area (Å²) < 4.78 is 37.6. The normalized spacial score (nSPS) is 20.3. The number of benzene rings is 1. The van der Waals surface area contributed by atoms with Crippen molar-refractivity contribution in [1.82, 2.24) is 0 Å². The van der Waals surface area contributed by atoms with Crippen LogP contribution in [0.1, 0.15) is 12.5 Å². The fourth-order valence-corrected chi connectivity index (χ4v) is 8.26. The van der Waals surface area contributed by atoms with Crippen molar-refractivity contribution < 1.29 is 28.0 Å².